The minimum Gasteiger partial charge on any atom is -0.424 e. The molecule has 1 aliphatic carbocycles. The number of benzene rings is 1. The average Bonchev–Trinajstić information content (AvgIpc) is 3.40. The van der Waals surface area contributed by atoms with Crippen LogP contribution in [-0.2, 0) is 6.42 Å². The Morgan fingerprint density at radius 3 is 2.48 bits per heavy atom. The first-order chi connectivity index (χ1) is 15.0. The molecule has 0 radical (unpaired) electrons. The number of piperidine rings is 1. The molecule has 1 unspecified atom stereocenters. The Morgan fingerprint density at radius 2 is 1.87 bits per heavy atom. The van der Waals surface area contributed by atoms with Crippen molar-refractivity contribution in [2.75, 3.05) is 18.0 Å². The number of hydrogen-bond donors (Lipinski definition) is 0. The van der Waals surface area contributed by atoms with Crippen LogP contribution in [0.1, 0.15) is 44.2 Å². The lowest BCUT2D eigenvalue weighted by molar-refractivity contribution is 0.266. The lowest BCUT2D eigenvalue weighted by Crippen LogP contribution is -2.42. The summed E-state index contributed by atoms with van der Waals surface area (Å²) in [5.41, 5.74) is 1.10. The van der Waals surface area contributed by atoms with Crippen LogP contribution in [0.25, 0.3) is 0 Å². The Bertz CT molecular complexity index is 1030. The summed E-state index contributed by atoms with van der Waals surface area (Å²) in [4.78, 5) is 7.26. The zero-order valence-electron chi connectivity index (χ0n) is 18.2. The van der Waals surface area contributed by atoms with E-state index in [0.29, 0.717) is 29.5 Å². The summed E-state index contributed by atoms with van der Waals surface area (Å²) in [6.45, 7) is 8.37. The van der Waals surface area contributed by atoms with Gasteiger partial charge >= 0.3 is 6.01 Å². The lowest BCUT2D eigenvalue weighted by Gasteiger charge is -2.38. The van der Waals surface area contributed by atoms with Gasteiger partial charge in [-0.3, -0.25) is 0 Å². The highest BCUT2D eigenvalue weighted by Crippen LogP contribution is 2.45. The summed E-state index contributed by atoms with van der Waals surface area (Å²) < 4.78 is 25.5. The van der Waals surface area contributed by atoms with Crippen LogP contribution in [0.15, 0.2) is 30.3 Å². The van der Waals surface area contributed by atoms with E-state index in [4.69, 9.17) is 14.8 Å². The second-order valence-electron chi connectivity index (χ2n) is 9.08. The third-order valence-electron chi connectivity index (χ3n) is 6.53. The molecule has 31 heavy (non-hydrogen) atoms. The van der Waals surface area contributed by atoms with E-state index >= 15 is 0 Å². The van der Waals surface area contributed by atoms with Crippen LogP contribution in [0.4, 0.5) is 9.39 Å². The molecule has 0 amide bonds. The van der Waals surface area contributed by atoms with Gasteiger partial charge in [0, 0.05) is 19.5 Å². The second kappa shape index (κ2) is 8.22. The Morgan fingerprint density at radius 1 is 1.16 bits per heavy atom. The summed E-state index contributed by atoms with van der Waals surface area (Å²) >= 11 is 1.61. The molecule has 6 nitrogen and oxygen atoms in total. The summed E-state index contributed by atoms with van der Waals surface area (Å²) in [6, 6.07) is 8.82. The topological polar surface area (TPSA) is 56.1 Å². The normalized spacial score (nSPS) is 23.0. The monoisotopic (exact) mass is 441 g/mol. The molecule has 2 aliphatic rings. The molecule has 2 bridgehead atoms. The molecule has 2 aromatic heterocycles. The van der Waals surface area contributed by atoms with E-state index in [1.165, 1.54) is 30.0 Å². The van der Waals surface area contributed by atoms with Crippen LogP contribution in [0.5, 0.6) is 11.8 Å². The van der Waals surface area contributed by atoms with E-state index < -0.39 is 0 Å². The van der Waals surface area contributed by atoms with Gasteiger partial charge in [-0.05, 0) is 93.2 Å². The second-order valence-corrected chi connectivity index (χ2v) is 9.87. The number of anilines is 1. The number of hydrogen-bond acceptors (Lipinski definition) is 6. The molecular formula is C23H28FN5OS. The molecule has 3 aromatic rings. The van der Waals surface area contributed by atoms with E-state index in [-0.39, 0.29) is 11.9 Å². The highest BCUT2D eigenvalue weighted by molar-refractivity contribution is 7.10. The van der Waals surface area contributed by atoms with Crippen LogP contribution >= 0.6 is 11.5 Å². The number of nitrogens with zero attached hydrogens (tertiary/aromatic N) is 5. The smallest absolute Gasteiger partial charge is 0.320 e. The molecule has 164 valence electrons. The predicted octanol–water partition coefficient (Wildman–Crippen LogP) is 5.26. The quantitative estimate of drug-likeness (QED) is 0.522. The zero-order chi connectivity index (χ0) is 21.5. The maximum absolute atomic E-state index is 13.2. The largest absolute Gasteiger partial charge is 0.424 e. The van der Waals surface area contributed by atoms with Crippen LogP contribution in [-0.4, -0.2) is 32.2 Å². The maximum atomic E-state index is 13.2. The predicted molar refractivity (Wildman–Crippen MR) is 119 cm³/mol. The fourth-order valence-electron chi connectivity index (χ4n) is 5.01. The first-order valence-corrected chi connectivity index (χ1v) is 11.8. The van der Waals surface area contributed by atoms with E-state index in [0.717, 1.165) is 31.0 Å². The fraction of sp³-hybridized carbons (Fsp3) is 0.522. The minimum absolute atomic E-state index is 0.129. The fourth-order valence-corrected chi connectivity index (χ4v) is 5.79. The molecule has 2 fully saturated rings. The summed E-state index contributed by atoms with van der Waals surface area (Å²) in [6.07, 6.45) is 3.42. The number of aryl methyl sites for hydroxylation is 1. The van der Waals surface area contributed by atoms with Crippen molar-refractivity contribution in [2.24, 2.45) is 17.8 Å². The van der Waals surface area contributed by atoms with Crippen molar-refractivity contribution in [2.45, 2.75) is 46.1 Å². The summed E-state index contributed by atoms with van der Waals surface area (Å²) in [5.74, 6) is 3.05. The van der Waals surface area contributed by atoms with Crippen LogP contribution < -0.4 is 9.64 Å². The summed E-state index contributed by atoms with van der Waals surface area (Å²) in [7, 11) is 0. The first kappa shape index (κ1) is 20.4. The van der Waals surface area contributed by atoms with Gasteiger partial charge in [0.2, 0.25) is 0 Å². The van der Waals surface area contributed by atoms with Crippen molar-refractivity contribution in [3.63, 3.8) is 0 Å². The zero-order valence-corrected chi connectivity index (χ0v) is 19.0. The molecule has 8 heteroatoms. The number of halogens is 1. The molecule has 1 aromatic carbocycles. The van der Waals surface area contributed by atoms with Gasteiger partial charge in [0.1, 0.15) is 16.6 Å². The van der Waals surface area contributed by atoms with Crippen LogP contribution in [0.2, 0.25) is 0 Å². The molecule has 3 heterocycles. The van der Waals surface area contributed by atoms with Crippen LogP contribution in [0.3, 0.4) is 0 Å². The van der Waals surface area contributed by atoms with Gasteiger partial charge in [0.05, 0.1) is 11.7 Å². The van der Waals surface area contributed by atoms with Gasteiger partial charge in [-0.2, -0.15) is 14.5 Å². The number of aromatic nitrogens is 4. The Balaban J connectivity index is 1.31. The van der Waals surface area contributed by atoms with Crippen molar-refractivity contribution in [1.29, 1.82) is 0 Å². The molecule has 1 aliphatic heterocycles. The Hall–Kier alpha value is -2.48. The maximum Gasteiger partial charge on any atom is 0.320 e. The average molecular weight is 442 g/mol. The highest BCUT2D eigenvalue weighted by atomic mass is 32.1. The van der Waals surface area contributed by atoms with Crippen molar-refractivity contribution in [3.8, 4) is 11.8 Å². The van der Waals surface area contributed by atoms with Crippen molar-refractivity contribution in [1.82, 2.24) is 19.1 Å². The van der Waals surface area contributed by atoms with E-state index in [2.05, 4.69) is 36.1 Å². The molecular weight excluding hydrogens is 413 g/mol. The van der Waals surface area contributed by atoms with Gasteiger partial charge in [-0.1, -0.05) is 0 Å². The third-order valence-corrected chi connectivity index (χ3v) is 7.47. The van der Waals surface area contributed by atoms with Crippen LogP contribution in [0, 0.1) is 30.5 Å². The number of ether oxygens (including phenoxy) is 1. The Labute approximate surface area is 186 Å². The van der Waals surface area contributed by atoms with E-state index in [9.17, 15) is 4.39 Å². The summed E-state index contributed by atoms with van der Waals surface area (Å²) in [5, 5.41) is 6.08. The first-order valence-electron chi connectivity index (χ1n) is 11.0. The lowest BCUT2D eigenvalue weighted by atomic mass is 9.82. The molecule has 0 spiro atoms. The van der Waals surface area contributed by atoms with Gasteiger partial charge in [0.25, 0.3) is 0 Å². The molecule has 1 saturated heterocycles. The minimum atomic E-state index is -0.284. The number of rotatable bonds is 6. The highest BCUT2D eigenvalue weighted by Gasteiger charge is 2.43. The van der Waals surface area contributed by atoms with Gasteiger partial charge in [-0.25, -0.2) is 9.07 Å². The molecule has 1 saturated carbocycles. The third kappa shape index (κ3) is 4.18. The van der Waals surface area contributed by atoms with Crippen molar-refractivity contribution < 1.29 is 9.13 Å². The molecule has 3 atom stereocenters. The van der Waals surface area contributed by atoms with Gasteiger partial charge in [0.15, 0.2) is 5.82 Å². The van der Waals surface area contributed by atoms with Gasteiger partial charge < -0.3 is 9.64 Å². The standard InChI is InChI=1S/C23H28FN5OS/c1-14(2)29-23(30-19-8-6-18(24)7-9-19)25-21(26-29)11-20-16-4-5-17(20)13-28(12-16)22-10-15(3)27-31-22/h6-10,14,16-17,20H,4-5,11-13H2,1-3H3/t16-,17+,20?. The van der Waals surface area contributed by atoms with Crippen molar-refractivity contribution in [3.05, 3.63) is 47.7 Å². The Kier molecular flexibility index (Phi) is 5.42. The SMILES string of the molecule is Cc1cc(N2C[C@H]3CC[C@@H](C2)C3Cc2nc(Oc3ccc(F)cc3)n(C(C)C)n2)sn1. The number of fused-ring (bicyclic) bond motifs is 2. The molecule has 5 rings (SSSR count). The van der Waals surface area contributed by atoms with E-state index in [1.807, 2.05) is 4.68 Å². The van der Waals surface area contributed by atoms with Crippen molar-refractivity contribution >= 4 is 16.5 Å². The van der Waals surface area contributed by atoms with Gasteiger partial charge in [-0.15, -0.1) is 0 Å². The van der Waals surface area contributed by atoms with E-state index in [1.54, 1.807) is 23.7 Å². The molecule has 0 N–H and O–H groups in total.